The molecule has 0 amide bonds. The molecule has 1 aliphatic heterocycles. The molecule has 0 bridgehead atoms. The summed E-state index contributed by atoms with van der Waals surface area (Å²) in [4.78, 5) is 13.9. The van der Waals surface area contributed by atoms with Gasteiger partial charge in [0.15, 0.2) is 0 Å². The minimum Gasteiger partial charge on any atom is -0.358 e. The predicted molar refractivity (Wildman–Crippen MR) is 39.6 cm³/mol. The highest BCUT2D eigenvalue weighted by Gasteiger charge is 2.24. The minimum atomic E-state index is -0.400. The lowest BCUT2D eigenvalue weighted by molar-refractivity contribution is -0.392. The molecule has 1 aromatic rings. The van der Waals surface area contributed by atoms with Crippen LogP contribution in [0.2, 0.25) is 0 Å². The molecule has 0 aromatic carbocycles. The molecular weight excluding hydrogens is 166 g/mol. The summed E-state index contributed by atoms with van der Waals surface area (Å²) < 4.78 is 1.63. The molecule has 1 aromatic heterocycles. The van der Waals surface area contributed by atoms with E-state index in [-0.39, 0.29) is 5.82 Å². The number of nitrogens with zero attached hydrogens (tertiary/aromatic N) is 3. The Morgan fingerprint density at radius 1 is 1.82 bits per heavy atom. The van der Waals surface area contributed by atoms with Crippen LogP contribution in [0, 0.1) is 10.1 Å². The zero-order valence-electron chi connectivity index (χ0n) is 5.56. The second kappa shape index (κ2) is 2.23. The molecule has 58 valence electrons. The second-order valence-corrected chi connectivity index (χ2v) is 3.22. The Kier molecular flexibility index (Phi) is 1.35. The van der Waals surface area contributed by atoms with Crippen molar-refractivity contribution in [3.63, 3.8) is 0 Å². The summed E-state index contributed by atoms with van der Waals surface area (Å²) in [7, 11) is 0. The van der Waals surface area contributed by atoms with Gasteiger partial charge in [-0.1, -0.05) is 11.8 Å². The van der Waals surface area contributed by atoms with E-state index in [2.05, 4.69) is 4.98 Å². The molecule has 6 heteroatoms. The van der Waals surface area contributed by atoms with Gasteiger partial charge < -0.3 is 10.1 Å². The maximum Gasteiger partial charge on any atom is 0.343 e. The number of rotatable bonds is 1. The van der Waals surface area contributed by atoms with E-state index in [1.54, 1.807) is 16.3 Å². The average Bonchev–Trinajstić information content (AvgIpc) is 2.41. The van der Waals surface area contributed by atoms with E-state index in [1.165, 1.54) is 6.20 Å². The largest absolute Gasteiger partial charge is 0.358 e. The van der Waals surface area contributed by atoms with Crippen molar-refractivity contribution in [1.29, 1.82) is 0 Å². The second-order valence-electron chi connectivity index (χ2n) is 2.16. The molecule has 0 N–H and O–H groups in total. The van der Waals surface area contributed by atoms with E-state index < -0.39 is 4.92 Å². The molecule has 5 nitrogen and oxygen atoms in total. The van der Waals surface area contributed by atoms with Gasteiger partial charge in [0.25, 0.3) is 5.16 Å². The summed E-state index contributed by atoms with van der Waals surface area (Å²) in [6.45, 7) is 0.705. The van der Waals surface area contributed by atoms with Gasteiger partial charge in [-0.15, -0.1) is 0 Å². The number of fused-ring (bicyclic) bond motifs is 1. The van der Waals surface area contributed by atoms with Crippen molar-refractivity contribution in [2.24, 2.45) is 0 Å². The van der Waals surface area contributed by atoms with Crippen LogP contribution in [-0.4, -0.2) is 20.2 Å². The third-order valence-corrected chi connectivity index (χ3v) is 2.50. The van der Waals surface area contributed by atoms with Crippen LogP contribution >= 0.6 is 11.8 Å². The van der Waals surface area contributed by atoms with E-state index in [1.807, 2.05) is 0 Å². The number of imidazole rings is 1. The number of thioether (sulfide) groups is 1. The molecule has 11 heavy (non-hydrogen) atoms. The number of nitro groups is 1. The zero-order valence-corrected chi connectivity index (χ0v) is 6.37. The van der Waals surface area contributed by atoms with Crippen molar-refractivity contribution in [1.82, 2.24) is 9.55 Å². The van der Waals surface area contributed by atoms with Crippen molar-refractivity contribution in [2.75, 3.05) is 5.75 Å². The number of aromatic nitrogens is 2. The topological polar surface area (TPSA) is 61.0 Å². The van der Waals surface area contributed by atoms with Crippen molar-refractivity contribution in [2.45, 2.75) is 11.7 Å². The smallest absolute Gasteiger partial charge is 0.343 e. The zero-order chi connectivity index (χ0) is 7.84. The minimum absolute atomic E-state index is 0.102. The van der Waals surface area contributed by atoms with Gasteiger partial charge in [-0.2, -0.15) is 4.57 Å². The molecule has 0 unspecified atom stereocenters. The number of hydrogen-bond donors (Lipinski definition) is 0. The van der Waals surface area contributed by atoms with Crippen molar-refractivity contribution in [3.05, 3.63) is 16.3 Å². The summed E-state index contributed by atoms with van der Waals surface area (Å²) in [5, 5.41) is 11.1. The average molecular weight is 171 g/mol. The van der Waals surface area contributed by atoms with Crippen LogP contribution < -0.4 is 0 Å². The van der Waals surface area contributed by atoms with E-state index in [0.29, 0.717) is 6.54 Å². The lowest BCUT2D eigenvalue weighted by atomic mass is 10.7. The summed E-state index contributed by atoms with van der Waals surface area (Å²) in [5.74, 6) is 0.995. The van der Waals surface area contributed by atoms with Gasteiger partial charge in [0.05, 0.1) is 0 Å². The molecule has 2 rings (SSSR count). The summed E-state index contributed by atoms with van der Waals surface area (Å²) in [5.41, 5.74) is 0. The van der Waals surface area contributed by atoms with Crippen LogP contribution in [0.15, 0.2) is 11.4 Å². The maximum atomic E-state index is 10.4. The van der Waals surface area contributed by atoms with Gasteiger partial charge in [-0.3, -0.25) is 0 Å². The molecule has 0 aliphatic carbocycles. The van der Waals surface area contributed by atoms with Crippen molar-refractivity contribution < 1.29 is 4.92 Å². The summed E-state index contributed by atoms with van der Waals surface area (Å²) in [6.07, 6.45) is 1.31. The van der Waals surface area contributed by atoms with Crippen LogP contribution in [0.1, 0.15) is 0 Å². The Balaban J connectivity index is 2.50. The molecule has 0 saturated heterocycles. The first-order chi connectivity index (χ1) is 5.29. The monoisotopic (exact) mass is 171 g/mol. The Morgan fingerprint density at radius 3 is 3.36 bits per heavy atom. The van der Waals surface area contributed by atoms with Gasteiger partial charge in [0.2, 0.25) is 0 Å². The molecule has 0 spiro atoms. The molecule has 0 fully saturated rings. The fourth-order valence-electron chi connectivity index (χ4n) is 1.05. The van der Waals surface area contributed by atoms with Gasteiger partial charge in [0.1, 0.15) is 12.7 Å². The van der Waals surface area contributed by atoms with Crippen molar-refractivity contribution in [3.8, 4) is 0 Å². The highest BCUT2D eigenvalue weighted by molar-refractivity contribution is 7.99. The van der Waals surface area contributed by atoms with Crippen LogP contribution in [-0.2, 0) is 6.54 Å². The number of hydrogen-bond acceptors (Lipinski definition) is 4. The third-order valence-electron chi connectivity index (χ3n) is 1.53. The standard InChI is InChI=1S/C5H5N3O2S/c9-8(10)4-3-6-5-7(4)1-2-11-5/h3H,1-2H2. The molecule has 0 atom stereocenters. The summed E-state index contributed by atoms with van der Waals surface area (Å²) in [6, 6.07) is 0. The van der Waals surface area contributed by atoms with Gasteiger partial charge in [-0.25, -0.2) is 4.98 Å². The van der Waals surface area contributed by atoms with Crippen LogP contribution in [0.5, 0.6) is 0 Å². The maximum absolute atomic E-state index is 10.4. The molecule has 0 radical (unpaired) electrons. The fraction of sp³-hybridized carbons (Fsp3) is 0.400. The van der Waals surface area contributed by atoms with E-state index in [9.17, 15) is 10.1 Å². The summed E-state index contributed by atoms with van der Waals surface area (Å²) >= 11 is 1.55. The lowest BCUT2D eigenvalue weighted by Crippen LogP contribution is -1.99. The molecular formula is C5H5N3O2S. The van der Waals surface area contributed by atoms with Gasteiger partial charge in [-0.05, 0) is 4.92 Å². The SMILES string of the molecule is O=[N+]([O-])c1cnc2n1CCS2. The van der Waals surface area contributed by atoms with E-state index in [4.69, 9.17) is 0 Å². The van der Waals surface area contributed by atoms with Crippen LogP contribution in [0.4, 0.5) is 5.82 Å². The first-order valence-electron chi connectivity index (χ1n) is 3.12. The molecule has 2 heterocycles. The Bertz CT molecular complexity index is 309. The van der Waals surface area contributed by atoms with Gasteiger partial charge in [0, 0.05) is 5.75 Å². The lowest BCUT2D eigenvalue weighted by Gasteiger charge is -1.92. The first kappa shape index (κ1) is 6.66. The Morgan fingerprint density at radius 2 is 2.64 bits per heavy atom. The first-order valence-corrected chi connectivity index (χ1v) is 4.10. The van der Waals surface area contributed by atoms with Crippen LogP contribution in [0.25, 0.3) is 0 Å². The molecule has 1 aliphatic rings. The van der Waals surface area contributed by atoms with Crippen molar-refractivity contribution >= 4 is 17.6 Å². The third kappa shape index (κ3) is 0.900. The normalized spacial score (nSPS) is 14.9. The van der Waals surface area contributed by atoms with Crippen LogP contribution in [0.3, 0.4) is 0 Å². The molecule has 0 saturated carbocycles. The van der Waals surface area contributed by atoms with Gasteiger partial charge >= 0.3 is 5.82 Å². The predicted octanol–water partition coefficient (Wildman–Crippen LogP) is 0.897. The quantitative estimate of drug-likeness (QED) is 0.465. The van der Waals surface area contributed by atoms with E-state index in [0.717, 1.165) is 10.9 Å². The Hall–Kier alpha value is -1.04. The van der Waals surface area contributed by atoms with E-state index >= 15 is 0 Å². The Labute approximate surface area is 66.6 Å². The fourth-order valence-corrected chi connectivity index (χ4v) is 1.97. The highest BCUT2D eigenvalue weighted by Crippen LogP contribution is 2.28. The highest BCUT2D eigenvalue weighted by atomic mass is 32.2.